The number of carbonyl (C=O) groups is 1. The van der Waals surface area contributed by atoms with Crippen molar-refractivity contribution in [1.29, 1.82) is 0 Å². The first kappa shape index (κ1) is 17.1. The zero-order valence-electron chi connectivity index (χ0n) is 12.1. The van der Waals surface area contributed by atoms with Gasteiger partial charge in [-0.15, -0.1) is 0 Å². The first-order valence-corrected chi connectivity index (χ1v) is 7.37. The van der Waals surface area contributed by atoms with E-state index in [1.165, 1.54) is 12.1 Å². The molecule has 0 bridgehead atoms. The Morgan fingerprint density at radius 1 is 1.22 bits per heavy atom. The molecule has 2 rings (SSSR count). The van der Waals surface area contributed by atoms with Crippen molar-refractivity contribution < 1.29 is 9.72 Å². The van der Waals surface area contributed by atoms with Gasteiger partial charge in [-0.2, -0.15) is 0 Å². The highest BCUT2D eigenvalue weighted by Gasteiger charge is 2.14. The largest absolute Gasteiger partial charge is 0.376 e. The van der Waals surface area contributed by atoms with Gasteiger partial charge in [-0.1, -0.05) is 29.3 Å². The fourth-order valence-corrected chi connectivity index (χ4v) is 2.24. The molecule has 0 unspecified atom stereocenters. The summed E-state index contributed by atoms with van der Waals surface area (Å²) in [4.78, 5) is 22.4. The molecule has 0 saturated carbocycles. The Labute approximate surface area is 142 Å². The van der Waals surface area contributed by atoms with Crippen LogP contribution in [0.15, 0.2) is 36.4 Å². The third-order valence-electron chi connectivity index (χ3n) is 3.15. The van der Waals surface area contributed by atoms with E-state index in [9.17, 15) is 14.9 Å². The Morgan fingerprint density at radius 2 is 1.96 bits per heavy atom. The van der Waals surface area contributed by atoms with Gasteiger partial charge in [0.05, 0.1) is 32.8 Å². The van der Waals surface area contributed by atoms with Crippen LogP contribution in [-0.2, 0) is 4.79 Å². The maximum Gasteiger partial charge on any atom is 0.274 e. The van der Waals surface area contributed by atoms with Crippen molar-refractivity contribution in [2.75, 3.05) is 17.2 Å². The van der Waals surface area contributed by atoms with Crippen LogP contribution in [0.1, 0.15) is 5.56 Å². The van der Waals surface area contributed by atoms with Crippen molar-refractivity contribution in [3.05, 3.63) is 62.1 Å². The molecule has 0 aromatic heterocycles. The molecule has 120 valence electrons. The van der Waals surface area contributed by atoms with Gasteiger partial charge in [0, 0.05) is 11.8 Å². The Hall–Kier alpha value is -2.31. The van der Waals surface area contributed by atoms with E-state index in [4.69, 9.17) is 23.2 Å². The number of hydrogen-bond acceptors (Lipinski definition) is 4. The molecule has 0 heterocycles. The average Bonchev–Trinajstić information content (AvgIpc) is 2.50. The summed E-state index contributed by atoms with van der Waals surface area (Å²) in [5.41, 5.74) is 1.41. The zero-order chi connectivity index (χ0) is 17.0. The van der Waals surface area contributed by atoms with Gasteiger partial charge in [-0.25, -0.2) is 0 Å². The Balaban J connectivity index is 2.01. The summed E-state index contributed by atoms with van der Waals surface area (Å²) in [5.74, 6) is -0.334. The van der Waals surface area contributed by atoms with E-state index in [0.29, 0.717) is 27.0 Å². The summed E-state index contributed by atoms with van der Waals surface area (Å²) in [5, 5.41) is 17.2. The minimum atomic E-state index is -0.487. The van der Waals surface area contributed by atoms with Crippen LogP contribution in [0, 0.1) is 17.0 Å². The monoisotopic (exact) mass is 353 g/mol. The van der Waals surface area contributed by atoms with Crippen molar-refractivity contribution in [2.24, 2.45) is 0 Å². The van der Waals surface area contributed by atoms with Crippen LogP contribution in [0.2, 0.25) is 10.0 Å². The molecule has 8 heteroatoms. The average molecular weight is 354 g/mol. The molecule has 0 saturated heterocycles. The standard InChI is InChI=1S/C15H13Cl2N3O3/c1-9-13(3-2-4-14(9)20(22)23)19-15(21)8-18-10-5-6-11(16)12(17)7-10/h2-7,18H,8H2,1H3,(H,19,21). The van der Waals surface area contributed by atoms with E-state index >= 15 is 0 Å². The smallest absolute Gasteiger partial charge is 0.274 e. The molecule has 0 aliphatic rings. The fourth-order valence-electron chi connectivity index (χ4n) is 1.94. The van der Waals surface area contributed by atoms with Crippen molar-refractivity contribution in [3.63, 3.8) is 0 Å². The summed E-state index contributed by atoms with van der Waals surface area (Å²) in [6.45, 7) is 1.57. The molecule has 0 spiro atoms. The highest BCUT2D eigenvalue weighted by atomic mass is 35.5. The number of halogens is 2. The van der Waals surface area contributed by atoms with E-state index < -0.39 is 4.92 Å². The van der Waals surface area contributed by atoms with Gasteiger partial charge in [0.15, 0.2) is 0 Å². The van der Waals surface area contributed by atoms with Crippen LogP contribution in [0.3, 0.4) is 0 Å². The Bertz CT molecular complexity index is 766. The topological polar surface area (TPSA) is 84.3 Å². The molecule has 0 radical (unpaired) electrons. The molecular weight excluding hydrogens is 341 g/mol. The van der Waals surface area contributed by atoms with Crippen LogP contribution < -0.4 is 10.6 Å². The van der Waals surface area contributed by atoms with Crippen LogP contribution in [0.25, 0.3) is 0 Å². The lowest BCUT2D eigenvalue weighted by molar-refractivity contribution is -0.385. The van der Waals surface area contributed by atoms with Gasteiger partial charge < -0.3 is 10.6 Å². The number of rotatable bonds is 5. The van der Waals surface area contributed by atoms with E-state index in [-0.39, 0.29) is 18.1 Å². The summed E-state index contributed by atoms with van der Waals surface area (Å²) in [7, 11) is 0. The number of nitro groups is 1. The molecule has 0 aliphatic heterocycles. The Kier molecular flexibility index (Phi) is 5.41. The molecule has 0 atom stereocenters. The second-order valence-corrected chi connectivity index (χ2v) is 5.55. The van der Waals surface area contributed by atoms with Crippen molar-refractivity contribution in [2.45, 2.75) is 6.92 Å². The minimum Gasteiger partial charge on any atom is -0.376 e. The van der Waals surface area contributed by atoms with Gasteiger partial charge in [0.25, 0.3) is 5.69 Å². The number of nitrogens with one attached hydrogen (secondary N) is 2. The highest BCUT2D eigenvalue weighted by Crippen LogP contribution is 2.26. The van der Waals surface area contributed by atoms with Crippen LogP contribution in [0.5, 0.6) is 0 Å². The first-order chi connectivity index (χ1) is 10.9. The van der Waals surface area contributed by atoms with E-state index in [1.54, 1.807) is 31.2 Å². The van der Waals surface area contributed by atoms with Gasteiger partial charge in [0.2, 0.25) is 5.91 Å². The maximum absolute atomic E-state index is 12.0. The number of nitro benzene ring substituents is 1. The number of hydrogen-bond donors (Lipinski definition) is 2. The number of benzene rings is 2. The van der Waals surface area contributed by atoms with Crippen LogP contribution in [0.4, 0.5) is 17.1 Å². The van der Waals surface area contributed by atoms with Crippen LogP contribution in [-0.4, -0.2) is 17.4 Å². The summed E-state index contributed by atoms with van der Waals surface area (Å²) < 4.78 is 0. The second kappa shape index (κ2) is 7.30. The molecule has 0 fully saturated rings. The zero-order valence-corrected chi connectivity index (χ0v) is 13.6. The fraction of sp³-hybridized carbons (Fsp3) is 0.133. The number of nitrogens with zero attached hydrogens (tertiary/aromatic N) is 1. The molecule has 23 heavy (non-hydrogen) atoms. The Morgan fingerprint density at radius 3 is 2.61 bits per heavy atom. The molecular formula is C15H13Cl2N3O3. The lowest BCUT2D eigenvalue weighted by Gasteiger charge is -2.10. The SMILES string of the molecule is Cc1c(NC(=O)CNc2ccc(Cl)c(Cl)c2)cccc1[N+](=O)[O-]. The van der Waals surface area contributed by atoms with Crippen LogP contribution >= 0.6 is 23.2 Å². The van der Waals surface area contributed by atoms with Gasteiger partial charge >= 0.3 is 0 Å². The highest BCUT2D eigenvalue weighted by molar-refractivity contribution is 6.42. The predicted molar refractivity (Wildman–Crippen MR) is 91.4 cm³/mol. The minimum absolute atomic E-state index is 0.0138. The third-order valence-corrected chi connectivity index (χ3v) is 3.89. The molecule has 2 N–H and O–H groups in total. The summed E-state index contributed by atoms with van der Waals surface area (Å²) in [6.07, 6.45) is 0. The molecule has 2 aromatic carbocycles. The molecule has 6 nitrogen and oxygen atoms in total. The van der Waals surface area contributed by atoms with Gasteiger partial charge in [-0.3, -0.25) is 14.9 Å². The lowest BCUT2D eigenvalue weighted by atomic mass is 10.1. The summed E-state index contributed by atoms with van der Waals surface area (Å²) in [6, 6.07) is 9.44. The summed E-state index contributed by atoms with van der Waals surface area (Å²) >= 11 is 11.7. The lowest BCUT2D eigenvalue weighted by Crippen LogP contribution is -2.22. The quantitative estimate of drug-likeness (QED) is 0.621. The predicted octanol–water partition coefficient (Wildman–Crippen LogP) is 4.26. The van der Waals surface area contributed by atoms with E-state index in [0.717, 1.165) is 0 Å². The first-order valence-electron chi connectivity index (χ1n) is 6.61. The number of anilines is 2. The van der Waals surface area contributed by atoms with Crippen molar-refractivity contribution in [1.82, 2.24) is 0 Å². The van der Waals surface area contributed by atoms with Gasteiger partial charge in [-0.05, 0) is 31.2 Å². The maximum atomic E-state index is 12.0. The number of amides is 1. The molecule has 0 aliphatic carbocycles. The van der Waals surface area contributed by atoms with Gasteiger partial charge in [0.1, 0.15) is 0 Å². The van der Waals surface area contributed by atoms with E-state index in [2.05, 4.69) is 10.6 Å². The third kappa shape index (κ3) is 4.34. The van der Waals surface area contributed by atoms with E-state index in [1.807, 2.05) is 0 Å². The normalized spacial score (nSPS) is 10.2. The number of carbonyl (C=O) groups excluding carboxylic acids is 1. The van der Waals surface area contributed by atoms with Crippen molar-refractivity contribution >= 4 is 46.2 Å². The second-order valence-electron chi connectivity index (χ2n) is 4.74. The van der Waals surface area contributed by atoms with Crippen molar-refractivity contribution in [3.8, 4) is 0 Å². The molecule has 2 aromatic rings. The molecule has 1 amide bonds.